The standard InChI is InChI=1S/C18H25F3N2O3Si/c1-16(2,3)27(5,6)26-17(18(19,20)21)11-15(23-25-17)14-9-7-13(8-10-14)12-22-24-4/h7-10,12H,11H2,1-6H3/b22-12+. The second-order valence-electron chi connectivity index (χ2n) is 7.96. The highest BCUT2D eigenvalue weighted by Crippen LogP contribution is 2.48. The van der Waals surface area contributed by atoms with Gasteiger partial charge in [0.05, 0.1) is 18.3 Å². The van der Waals surface area contributed by atoms with Crippen LogP contribution in [-0.4, -0.2) is 39.3 Å². The molecule has 0 aromatic heterocycles. The molecule has 0 aliphatic carbocycles. The summed E-state index contributed by atoms with van der Waals surface area (Å²) in [5.74, 6) is -2.75. The minimum Gasteiger partial charge on any atom is -0.399 e. The summed E-state index contributed by atoms with van der Waals surface area (Å²) >= 11 is 0. The number of halogens is 3. The first-order chi connectivity index (χ1) is 12.3. The molecule has 2 rings (SSSR count). The van der Waals surface area contributed by atoms with Crippen molar-refractivity contribution in [3.63, 3.8) is 0 Å². The fourth-order valence-electron chi connectivity index (χ4n) is 2.27. The van der Waals surface area contributed by atoms with Gasteiger partial charge in [0.25, 0.3) is 0 Å². The second-order valence-corrected chi connectivity index (χ2v) is 12.7. The average Bonchev–Trinajstić information content (AvgIpc) is 2.97. The molecule has 0 fully saturated rings. The molecule has 5 nitrogen and oxygen atoms in total. The van der Waals surface area contributed by atoms with Gasteiger partial charge in [0.2, 0.25) is 0 Å². The molecule has 1 atom stereocenters. The number of oxime groups is 2. The molecule has 1 heterocycles. The molecule has 0 radical (unpaired) electrons. The van der Waals surface area contributed by atoms with Gasteiger partial charge in [-0.2, -0.15) is 13.2 Å². The summed E-state index contributed by atoms with van der Waals surface area (Å²) < 4.78 is 47.4. The van der Waals surface area contributed by atoms with Gasteiger partial charge in [0.1, 0.15) is 7.11 Å². The fraction of sp³-hybridized carbons (Fsp3) is 0.556. The fourth-order valence-corrected chi connectivity index (χ4v) is 3.63. The first-order valence-electron chi connectivity index (χ1n) is 8.50. The van der Waals surface area contributed by atoms with Crippen LogP contribution in [0.25, 0.3) is 0 Å². The molecule has 0 saturated carbocycles. The van der Waals surface area contributed by atoms with Crippen molar-refractivity contribution in [1.82, 2.24) is 0 Å². The van der Waals surface area contributed by atoms with Gasteiger partial charge in [-0.25, -0.2) is 0 Å². The quantitative estimate of drug-likeness (QED) is 0.392. The van der Waals surface area contributed by atoms with E-state index in [1.807, 2.05) is 20.8 Å². The van der Waals surface area contributed by atoms with Crippen LogP contribution in [0.15, 0.2) is 34.6 Å². The van der Waals surface area contributed by atoms with E-state index in [9.17, 15) is 13.2 Å². The van der Waals surface area contributed by atoms with Crippen LogP contribution in [0.4, 0.5) is 13.2 Å². The zero-order chi connectivity index (χ0) is 20.5. The highest BCUT2D eigenvalue weighted by Gasteiger charge is 2.65. The Labute approximate surface area is 158 Å². The minimum absolute atomic E-state index is 0.196. The van der Waals surface area contributed by atoms with Crippen LogP contribution in [0.2, 0.25) is 18.1 Å². The summed E-state index contributed by atoms with van der Waals surface area (Å²) in [5, 5.41) is 6.96. The first kappa shape index (κ1) is 21.4. The molecule has 27 heavy (non-hydrogen) atoms. The predicted octanol–water partition coefficient (Wildman–Crippen LogP) is 5.07. The highest BCUT2D eigenvalue weighted by molar-refractivity contribution is 6.74. The third-order valence-electron chi connectivity index (χ3n) is 4.91. The number of alkyl halides is 3. The Hall–Kier alpha value is -1.87. The number of benzene rings is 1. The van der Waals surface area contributed by atoms with E-state index in [2.05, 4.69) is 15.1 Å². The molecule has 1 aliphatic heterocycles. The summed E-state index contributed by atoms with van der Waals surface area (Å²) in [6, 6.07) is 6.75. The van der Waals surface area contributed by atoms with E-state index in [-0.39, 0.29) is 5.71 Å². The third kappa shape index (κ3) is 4.52. The van der Waals surface area contributed by atoms with Crippen LogP contribution in [0, 0.1) is 0 Å². The smallest absolute Gasteiger partial charge is 0.399 e. The third-order valence-corrected chi connectivity index (χ3v) is 9.37. The zero-order valence-corrected chi connectivity index (χ0v) is 17.3. The van der Waals surface area contributed by atoms with Gasteiger partial charge in [-0.05, 0) is 29.3 Å². The van der Waals surface area contributed by atoms with Crippen molar-refractivity contribution in [2.24, 2.45) is 10.3 Å². The Morgan fingerprint density at radius 1 is 1.19 bits per heavy atom. The Kier molecular flexibility index (Phi) is 5.77. The largest absolute Gasteiger partial charge is 0.457 e. The number of nitrogens with zero attached hydrogens (tertiary/aromatic N) is 2. The van der Waals surface area contributed by atoms with E-state index in [0.29, 0.717) is 5.56 Å². The molecule has 9 heteroatoms. The van der Waals surface area contributed by atoms with Crippen LogP contribution in [0.3, 0.4) is 0 Å². The first-order valence-corrected chi connectivity index (χ1v) is 11.4. The molecule has 0 amide bonds. The lowest BCUT2D eigenvalue weighted by atomic mass is 10.0. The lowest BCUT2D eigenvalue weighted by Crippen LogP contribution is -2.57. The minimum atomic E-state index is -4.71. The molecule has 1 aromatic rings. The van der Waals surface area contributed by atoms with Crippen molar-refractivity contribution >= 4 is 20.2 Å². The Bertz CT molecular complexity index is 725. The SMILES string of the molecule is CO/N=C/c1ccc(C2=NOC(O[Si](C)(C)C(C)(C)C)(C(F)(F)F)C2)cc1. The Morgan fingerprint density at radius 2 is 1.78 bits per heavy atom. The second kappa shape index (κ2) is 7.27. The van der Waals surface area contributed by atoms with Gasteiger partial charge in [-0.3, -0.25) is 0 Å². The summed E-state index contributed by atoms with van der Waals surface area (Å²) in [6.07, 6.45) is -3.70. The molecule has 0 bridgehead atoms. The topological polar surface area (TPSA) is 52.4 Å². The molecule has 0 saturated heterocycles. The maximum atomic E-state index is 13.9. The maximum Gasteiger partial charge on any atom is 0.457 e. The van der Waals surface area contributed by atoms with E-state index in [4.69, 9.17) is 9.26 Å². The molecular formula is C18H25F3N2O3Si. The van der Waals surface area contributed by atoms with Gasteiger partial charge in [-0.1, -0.05) is 55.3 Å². The van der Waals surface area contributed by atoms with E-state index in [0.717, 1.165) is 5.56 Å². The molecule has 0 spiro atoms. The molecule has 1 unspecified atom stereocenters. The van der Waals surface area contributed by atoms with Gasteiger partial charge in [0, 0.05) is 0 Å². The van der Waals surface area contributed by atoms with E-state index in [1.165, 1.54) is 13.3 Å². The van der Waals surface area contributed by atoms with Crippen LogP contribution < -0.4 is 0 Å². The Morgan fingerprint density at radius 3 is 2.26 bits per heavy atom. The van der Waals surface area contributed by atoms with Crippen molar-refractivity contribution in [3.05, 3.63) is 35.4 Å². The molecule has 0 N–H and O–H groups in total. The predicted molar refractivity (Wildman–Crippen MR) is 100 cm³/mol. The summed E-state index contributed by atoms with van der Waals surface area (Å²) in [6.45, 7) is 9.14. The van der Waals surface area contributed by atoms with Crippen LogP contribution in [0.1, 0.15) is 38.3 Å². The Balaban J connectivity index is 2.27. The maximum absolute atomic E-state index is 13.9. The van der Waals surface area contributed by atoms with Crippen molar-refractivity contribution in [2.45, 2.75) is 57.3 Å². The van der Waals surface area contributed by atoms with Gasteiger partial charge >= 0.3 is 12.0 Å². The monoisotopic (exact) mass is 402 g/mol. The van der Waals surface area contributed by atoms with Crippen LogP contribution >= 0.6 is 0 Å². The summed E-state index contributed by atoms with van der Waals surface area (Å²) in [4.78, 5) is 9.53. The van der Waals surface area contributed by atoms with E-state index < -0.39 is 31.7 Å². The number of hydrogen-bond donors (Lipinski definition) is 0. The number of rotatable bonds is 5. The van der Waals surface area contributed by atoms with Crippen molar-refractivity contribution in [1.29, 1.82) is 0 Å². The van der Waals surface area contributed by atoms with Crippen LogP contribution in [-0.2, 0) is 14.1 Å². The van der Waals surface area contributed by atoms with Crippen molar-refractivity contribution < 1.29 is 27.3 Å². The zero-order valence-electron chi connectivity index (χ0n) is 16.3. The van der Waals surface area contributed by atoms with Gasteiger partial charge < -0.3 is 14.1 Å². The van der Waals surface area contributed by atoms with E-state index in [1.54, 1.807) is 37.4 Å². The highest BCUT2D eigenvalue weighted by atomic mass is 28.4. The van der Waals surface area contributed by atoms with Crippen LogP contribution in [0.5, 0.6) is 0 Å². The lowest BCUT2D eigenvalue weighted by Gasteiger charge is -2.42. The van der Waals surface area contributed by atoms with E-state index >= 15 is 0 Å². The van der Waals surface area contributed by atoms with Gasteiger partial charge in [-0.15, -0.1) is 0 Å². The lowest BCUT2D eigenvalue weighted by molar-refractivity contribution is -0.347. The van der Waals surface area contributed by atoms with Gasteiger partial charge in [0.15, 0.2) is 8.32 Å². The number of hydrogen-bond acceptors (Lipinski definition) is 5. The van der Waals surface area contributed by atoms with Crippen molar-refractivity contribution in [2.75, 3.05) is 7.11 Å². The molecule has 150 valence electrons. The summed E-state index contributed by atoms with van der Waals surface area (Å²) in [7, 11) is -1.33. The molecule has 1 aromatic carbocycles. The van der Waals surface area contributed by atoms with Crippen molar-refractivity contribution in [3.8, 4) is 0 Å². The molecular weight excluding hydrogens is 377 g/mol. The average molecular weight is 402 g/mol. The summed E-state index contributed by atoms with van der Waals surface area (Å²) in [5.41, 5.74) is 1.48. The normalized spacial score (nSPS) is 21.3. The molecule has 1 aliphatic rings.